The second-order valence-corrected chi connectivity index (χ2v) is 7.36. The van der Waals surface area contributed by atoms with Crippen LogP contribution in [0.3, 0.4) is 0 Å². The van der Waals surface area contributed by atoms with E-state index in [2.05, 4.69) is 4.98 Å². The van der Waals surface area contributed by atoms with Crippen molar-refractivity contribution in [1.82, 2.24) is 14.8 Å². The van der Waals surface area contributed by atoms with Gasteiger partial charge < -0.3 is 14.9 Å². The Morgan fingerprint density at radius 2 is 1.70 bits per heavy atom. The summed E-state index contributed by atoms with van der Waals surface area (Å²) in [7, 11) is -3.89. The Balaban J connectivity index is 1.68. The third-order valence-electron chi connectivity index (χ3n) is 4.32. The van der Waals surface area contributed by atoms with E-state index in [-0.39, 0.29) is 28.3 Å². The number of amides is 2. The molecule has 2 aliphatic rings. The highest BCUT2D eigenvalue weighted by Gasteiger charge is 2.43. The summed E-state index contributed by atoms with van der Waals surface area (Å²) in [5, 5.41) is 13.7. The molecule has 2 saturated heterocycles. The third-order valence-corrected chi connectivity index (χ3v) is 5.14. The van der Waals surface area contributed by atoms with Crippen molar-refractivity contribution >= 4 is 22.0 Å². The molecule has 3 rings (SSSR count). The molecule has 1 aromatic heterocycles. The van der Waals surface area contributed by atoms with E-state index in [1.54, 1.807) is 4.90 Å². The number of carboxylic acid groups (broad SMARTS) is 1. The van der Waals surface area contributed by atoms with Crippen LogP contribution in [0.25, 0.3) is 0 Å². The number of likely N-dealkylation sites (tertiary alicyclic amines) is 2. The Morgan fingerprint density at radius 3 is 2.13 bits per heavy atom. The van der Waals surface area contributed by atoms with E-state index in [0.717, 1.165) is 0 Å². The van der Waals surface area contributed by atoms with Crippen molar-refractivity contribution in [2.75, 3.05) is 26.2 Å². The number of nitrogens with zero attached hydrogens (tertiary/aromatic N) is 3. The number of nitrogens with two attached hydrogens (primary N) is 1. The van der Waals surface area contributed by atoms with Gasteiger partial charge in [-0.2, -0.15) is 0 Å². The quantitative estimate of drug-likeness (QED) is 0.739. The van der Waals surface area contributed by atoms with Crippen molar-refractivity contribution in [2.45, 2.75) is 5.03 Å². The van der Waals surface area contributed by atoms with Crippen molar-refractivity contribution < 1.29 is 23.1 Å². The van der Waals surface area contributed by atoms with Crippen LogP contribution in [0, 0.1) is 11.8 Å². The molecule has 10 heteroatoms. The van der Waals surface area contributed by atoms with Gasteiger partial charge in [0.15, 0.2) is 5.03 Å². The molecule has 0 saturated carbocycles. The number of hydrogen-bond donors (Lipinski definition) is 2. The molecule has 0 aromatic carbocycles. The van der Waals surface area contributed by atoms with E-state index >= 15 is 0 Å². The van der Waals surface area contributed by atoms with Crippen LogP contribution in [0.5, 0.6) is 0 Å². The molecule has 0 bridgehead atoms. The van der Waals surface area contributed by atoms with Crippen molar-refractivity contribution in [1.29, 1.82) is 0 Å². The fourth-order valence-electron chi connectivity index (χ4n) is 3.17. The number of aromatic nitrogens is 1. The van der Waals surface area contributed by atoms with Gasteiger partial charge in [0, 0.05) is 44.2 Å². The first kappa shape index (κ1) is 15.7. The number of sulfonamides is 1. The average molecular weight is 340 g/mol. The third kappa shape index (κ3) is 2.99. The highest BCUT2D eigenvalue weighted by Crippen LogP contribution is 2.31. The van der Waals surface area contributed by atoms with Crippen LogP contribution in [0.1, 0.15) is 10.4 Å². The van der Waals surface area contributed by atoms with E-state index in [1.807, 2.05) is 0 Å². The highest BCUT2D eigenvalue weighted by atomic mass is 32.2. The summed E-state index contributed by atoms with van der Waals surface area (Å²) in [5.41, 5.74) is 0.285. The molecule has 0 spiro atoms. The molecule has 2 atom stereocenters. The van der Waals surface area contributed by atoms with Crippen LogP contribution in [0.15, 0.2) is 23.4 Å². The molecular weight excluding hydrogens is 324 g/mol. The average Bonchev–Trinajstić information content (AvgIpc) is 3.04. The lowest BCUT2D eigenvalue weighted by atomic mass is 10.0. The number of fused-ring (bicyclic) bond motifs is 1. The zero-order chi connectivity index (χ0) is 16.8. The predicted molar refractivity (Wildman–Crippen MR) is 78.1 cm³/mol. The van der Waals surface area contributed by atoms with E-state index < -0.39 is 16.1 Å². The molecule has 2 amide bonds. The molecule has 0 radical (unpaired) electrons. The molecule has 1 aromatic rings. The van der Waals surface area contributed by atoms with Gasteiger partial charge in [-0.15, -0.1) is 0 Å². The van der Waals surface area contributed by atoms with Gasteiger partial charge in [0.05, 0.1) is 5.56 Å². The first-order valence-electron chi connectivity index (χ1n) is 7.01. The lowest BCUT2D eigenvalue weighted by Crippen LogP contribution is -2.35. The van der Waals surface area contributed by atoms with Gasteiger partial charge in [0.1, 0.15) is 0 Å². The maximum Gasteiger partial charge on any atom is 0.407 e. The monoisotopic (exact) mass is 340 g/mol. The van der Waals surface area contributed by atoms with Gasteiger partial charge in [-0.25, -0.2) is 23.3 Å². The highest BCUT2D eigenvalue weighted by molar-refractivity contribution is 7.89. The van der Waals surface area contributed by atoms with Crippen molar-refractivity contribution in [2.24, 2.45) is 17.0 Å². The molecule has 3 N–H and O–H groups in total. The fourth-order valence-corrected chi connectivity index (χ4v) is 3.63. The van der Waals surface area contributed by atoms with Crippen molar-refractivity contribution in [3.05, 3.63) is 23.9 Å². The predicted octanol–water partition coefficient (Wildman–Crippen LogP) is -0.589. The van der Waals surface area contributed by atoms with Crippen LogP contribution < -0.4 is 5.14 Å². The van der Waals surface area contributed by atoms with Crippen LogP contribution in [-0.2, 0) is 10.0 Å². The molecule has 0 unspecified atom stereocenters. The summed E-state index contributed by atoms with van der Waals surface area (Å²) in [6.45, 7) is 1.85. The zero-order valence-electron chi connectivity index (χ0n) is 12.1. The van der Waals surface area contributed by atoms with E-state index in [4.69, 9.17) is 10.2 Å². The van der Waals surface area contributed by atoms with Crippen LogP contribution in [0.4, 0.5) is 4.79 Å². The number of carbonyl (C=O) groups is 2. The van der Waals surface area contributed by atoms with Gasteiger partial charge in [0.25, 0.3) is 15.9 Å². The normalized spacial score (nSPS) is 23.9. The first-order chi connectivity index (χ1) is 10.8. The van der Waals surface area contributed by atoms with E-state index in [1.165, 1.54) is 23.2 Å². The zero-order valence-corrected chi connectivity index (χ0v) is 12.9. The maximum atomic E-state index is 12.4. The SMILES string of the molecule is NS(=O)(=O)c1ccc(C(=O)N2C[C@H]3CN(C(=O)O)C[C@@H]3C2)cn1. The molecule has 3 heterocycles. The van der Waals surface area contributed by atoms with Gasteiger partial charge >= 0.3 is 6.09 Å². The Morgan fingerprint density at radius 1 is 1.13 bits per heavy atom. The molecule has 2 aliphatic heterocycles. The van der Waals surface area contributed by atoms with Crippen molar-refractivity contribution in [3.63, 3.8) is 0 Å². The summed E-state index contributed by atoms with van der Waals surface area (Å²) in [6.07, 6.45) is 0.264. The molecular formula is C13H16N4O5S. The van der Waals surface area contributed by atoms with Crippen LogP contribution in [-0.4, -0.2) is 66.5 Å². The topological polar surface area (TPSA) is 134 Å². The smallest absolute Gasteiger partial charge is 0.407 e. The molecule has 2 fully saturated rings. The maximum absolute atomic E-state index is 12.4. The summed E-state index contributed by atoms with van der Waals surface area (Å²) in [5.74, 6) is 0.0492. The van der Waals surface area contributed by atoms with Crippen LogP contribution >= 0.6 is 0 Å². The van der Waals surface area contributed by atoms with Crippen molar-refractivity contribution in [3.8, 4) is 0 Å². The Labute approximate surface area is 132 Å². The Bertz CT molecular complexity index is 734. The van der Waals surface area contributed by atoms with E-state index in [0.29, 0.717) is 26.2 Å². The van der Waals surface area contributed by atoms with Gasteiger partial charge in [-0.1, -0.05) is 0 Å². The minimum Gasteiger partial charge on any atom is -0.465 e. The van der Waals surface area contributed by atoms with Gasteiger partial charge in [-0.05, 0) is 12.1 Å². The van der Waals surface area contributed by atoms with E-state index in [9.17, 15) is 18.0 Å². The summed E-state index contributed by atoms with van der Waals surface area (Å²) < 4.78 is 22.3. The number of hydrogen-bond acceptors (Lipinski definition) is 5. The second kappa shape index (κ2) is 5.46. The molecule has 0 aliphatic carbocycles. The molecule has 124 valence electrons. The number of rotatable bonds is 2. The lowest BCUT2D eigenvalue weighted by Gasteiger charge is -2.20. The standard InChI is InChI=1S/C13H16N4O5S/c14-23(21,22)11-2-1-8(3-15-11)12(18)16-4-9-6-17(13(19)20)7-10(9)5-16/h1-3,9-10H,4-7H2,(H,19,20)(H2,14,21,22)/t9-,10-/m0/s1. The summed E-state index contributed by atoms with van der Waals surface area (Å²) in [6, 6.07) is 2.58. The number of pyridine rings is 1. The number of primary sulfonamides is 1. The summed E-state index contributed by atoms with van der Waals surface area (Å²) >= 11 is 0. The molecule has 9 nitrogen and oxygen atoms in total. The summed E-state index contributed by atoms with van der Waals surface area (Å²) in [4.78, 5) is 30.1. The second-order valence-electron chi connectivity index (χ2n) is 5.85. The molecule has 23 heavy (non-hydrogen) atoms. The Kier molecular flexibility index (Phi) is 3.72. The minimum atomic E-state index is -3.89. The number of carbonyl (C=O) groups excluding carboxylic acids is 1. The fraction of sp³-hybridized carbons (Fsp3) is 0.462. The Hall–Kier alpha value is -2.20. The largest absolute Gasteiger partial charge is 0.465 e. The lowest BCUT2D eigenvalue weighted by molar-refractivity contribution is 0.0773. The van der Waals surface area contributed by atoms with Crippen LogP contribution in [0.2, 0.25) is 0 Å². The first-order valence-corrected chi connectivity index (χ1v) is 8.56. The minimum absolute atomic E-state index is 0.145. The van der Waals surface area contributed by atoms with Gasteiger partial charge in [0.2, 0.25) is 0 Å². The van der Waals surface area contributed by atoms with Gasteiger partial charge in [-0.3, -0.25) is 4.79 Å².